The molecule has 6 bridgehead atoms. The number of hydrogen-bond acceptors (Lipinski definition) is 4. The van der Waals surface area contributed by atoms with Crippen molar-refractivity contribution in [3.63, 3.8) is 0 Å². The van der Waals surface area contributed by atoms with Crippen LogP contribution < -0.4 is 10.1 Å². The number of rotatable bonds is 9. The van der Waals surface area contributed by atoms with Gasteiger partial charge in [-0.3, -0.25) is 9.69 Å². The Bertz CT molecular complexity index is 870. The zero-order valence-electron chi connectivity index (χ0n) is 21.7. The summed E-state index contributed by atoms with van der Waals surface area (Å²) < 4.78 is 5.53. The van der Waals surface area contributed by atoms with Crippen LogP contribution in [0.1, 0.15) is 71.1 Å². The van der Waals surface area contributed by atoms with Gasteiger partial charge in [0, 0.05) is 41.2 Å². The number of piperidine rings is 1. The van der Waals surface area contributed by atoms with E-state index in [1.165, 1.54) is 75.6 Å². The highest BCUT2D eigenvalue weighted by atomic mass is 32.2. The molecule has 2 saturated heterocycles. The first-order chi connectivity index (χ1) is 17.0. The van der Waals surface area contributed by atoms with Gasteiger partial charge in [0.25, 0.3) is 0 Å². The van der Waals surface area contributed by atoms with Gasteiger partial charge in [-0.05, 0) is 106 Å². The number of ether oxygens (including phenoxy) is 1. The topological polar surface area (TPSA) is 41.6 Å². The molecule has 1 aromatic rings. The number of nitrogens with one attached hydrogen (secondary N) is 1. The van der Waals surface area contributed by atoms with Crippen molar-refractivity contribution in [1.82, 2.24) is 10.2 Å². The van der Waals surface area contributed by atoms with Gasteiger partial charge >= 0.3 is 0 Å². The standard InChI is InChI=1S/C30H44N2O2S/c1-20(19-35-28-6-4-3-5-27(28)34-2)18-32-25-7-8-26(32)13-24(12-25)17-31-29(33)30-14-21-9-22(15-30)11-23(10-21)16-30/h3-6,20-26H,7-19H2,1-2H3,(H,31,33)/t20-,21?,22?,23?,24?,25-,26+,30?/m0/s1. The molecule has 1 N–H and O–H groups in total. The summed E-state index contributed by atoms with van der Waals surface area (Å²) in [5, 5.41) is 3.51. The lowest BCUT2D eigenvalue weighted by atomic mass is 9.49. The minimum atomic E-state index is 0.00294. The Morgan fingerprint density at radius 1 is 1.06 bits per heavy atom. The van der Waals surface area contributed by atoms with Crippen molar-refractivity contribution in [2.45, 2.75) is 88.1 Å². The normalized spacial score (nSPS) is 38.5. The summed E-state index contributed by atoms with van der Waals surface area (Å²) in [7, 11) is 1.76. The molecule has 7 rings (SSSR count). The van der Waals surface area contributed by atoms with Crippen molar-refractivity contribution in [2.75, 3.05) is 26.0 Å². The molecule has 35 heavy (non-hydrogen) atoms. The van der Waals surface area contributed by atoms with Crippen LogP contribution >= 0.6 is 11.8 Å². The van der Waals surface area contributed by atoms with Crippen molar-refractivity contribution < 1.29 is 9.53 Å². The van der Waals surface area contributed by atoms with E-state index in [0.29, 0.717) is 29.8 Å². The molecule has 6 fully saturated rings. The summed E-state index contributed by atoms with van der Waals surface area (Å²) >= 11 is 1.93. The van der Waals surface area contributed by atoms with Gasteiger partial charge in [-0.1, -0.05) is 19.1 Å². The highest BCUT2D eigenvalue weighted by Crippen LogP contribution is 2.60. The summed E-state index contributed by atoms with van der Waals surface area (Å²) in [5.74, 6) is 6.38. The third-order valence-corrected chi connectivity index (χ3v) is 11.6. The molecule has 2 aliphatic heterocycles. The maximum atomic E-state index is 13.4. The molecule has 4 saturated carbocycles. The average molecular weight is 497 g/mol. The van der Waals surface area contributed by atoms with E-state index < -0.39 is 0 Å². The second-order valence-corrected chi connectivity index (χ2v) is 14.0. The zero-order valence-corrected chi connectivity index (χ0v) is 22.5. The number of carbonyl (C=O) groups excluding carboxylic acids is 1. The predicted octanol–water partition coefficient (Wildman–Crippen LogP) is 6.00. The lowest BCUT2D eigenvalue weighted by Crippen LogP contribution is -2.54. The van der Waals surface area contributed by atoms with Crippen molar-refractivity contribution in [3.05, 3.63) is 24.3 Å². The minimum absolute atomic E-state index is 0.00294. The summed E-state index contributed by atoms with van der Waals surface area (Å²) in [6, 6.07) is 9.80. The van der Waals surface area contributed by atoms with Crippen molar-refractivity contribution in [1.29, 1.82) is 0 Å². The van der Waals surface area contributed by atoms with Crippen LogP contribution in [0.15, 0.2) is 29.2 Å². The first kappa shape index (κ1) is 24.2. The largest absolute Gasteiger partial charge is 0.496 e. The lowest BCUT2D eigenvalue weighted by molar-refractivity contribution is -0.146. The average Bonchev–Trinajstić information content (AvgIpc) is 3.07. The van der Waals surface area contributed by atoms with Gasteiger partial charge < -0.3 is 10.1 Å². The third-order valence-electron chi connectivity index (χ3n) is 10.2. The van der Waals surface area contributed by atoms with Gasteiger partial charge in [-0.25, -0.2) is 0 Å². The molecule has 0 radical (unpaired) electrons. The van der Waals surface area contributed by atoms with Crippen LogP contribution in [0.4, 0.5) is 0 Å². The van der Waals surface area contributed by atoms with Crippen molar-refractivity contribution in [2.24, 2.45) is 35.0 Å². The molecule has 0 spiro atoms. The highest BCUT2D eigenvalue weighted by Gasteiger charge is 2.54. The predicted molar refractivity (Wildman–Crippen MR) is 143 cm³/mol. The number of benzene rings is 1. The first-order valence-electron chi connectivity index (χ1n) is 14.3. The number of para-hydroxylation sites is 1. The molecule has 1 aromatic carbocycles. The maximum absolute atomic E-state index is 13.4. The number of amides is 1. The van der Waals surface area contributed by atoms with Crippen LogP contribution in [0.3, 0.4) is 0 Å². The van der Waals surface area contributed by atoms with E-state index >= 15 is 0 Å². The van der Waals surface area contributed by atoms with E-state index in [1.54, 1.807) is 7.11 Å². The zero-order chi connectivity index (χ0) is 24.0. The smallest absolute Gasteiger partial charge is 0.226 e. The first-order valence-corrected chi connectivity index (χ1v) is 15.3. The van der Waals surface area contributed by atoms with E-state index in [4.69, 9.17) is 4.74 Å². The van der Waals surface area contributed by atoms with Crippen molar-refractivity contribution >= 4 is 17.7 Å². The van der Waals surface area contributed by atoms with Gasteiger partial charge in [0.1, 0.15) is 5.75 Å². The third kappa shape index (κ3) is 4.89. The monoisotopic (exact) mass is 496 g/mol. The van der Waals surface area contributed by atoms with Crippen LogP contribution in [0, 0.1) is 35.0 Å². The summed E-state index contributed by atoms with van der Waals surface area (Å²) in [6.45, 7) is 4.52. The van der Waals surface area contributed by atoms with Gasteiger partial charge in [-0.2, -0.15) is 0 Å². The molecule has 5 heteroatoms. The SMILES string of the molecule is COc1ccccc1SC[C@@H](C)CN1[C@@H]2CC[C@H]1CC(CNC(=O)C13CC4CC(CC(C4)C1)C3)C2. The van der Waals surface area contributed by atoms with Gasteiger partial charge in [0.15, 0.2) is 0 Å². The Labute approximate surface area is 216 Å². The molecule has 1 unspecified atom stereocenters. The Hall–Kier alpha value is -1.20. The van der Waals surface area contributed by atoms with Gasteiger partial charge in [0.05, 0.1) is 7.11 Å². The fourth-order valence-electron chi connectivity index (χ4n) is 9.05. The van der Waals surface area contributed by atoms with Crippen LogP contribution in [0.2, 0.25) is 0 Å². The Kier molecular flexibility index (Phi) is 6.85. The van der Waals surface area contributed by atoms with Crippen LogP contribution in [-0.4, -0.2) is 48.8 Å². The van der Waals surface area contributed by atoms with E-state index in [-0.39, 0.29) is 5.41 Å². The highest BCUT2D eigenvalue weighted by molar-refractivity contribution is 7.99. The number of fused-ring (bicyclic) bond motifs is 2. The molecule has 4 nitrogen and oxygen atoms in total. The van der Waals surface area contributed by atoms with E-state index in [1.807, 2.05) is 17.8 Å². The maximum Gasteiger partial charge on any atom is 0.226 e. The van der Waals surface area contributed by atoms with Crippen LogP contribution in [0.5, 0.6) is 5.75 Å². The van der Waals surface area contributed by atoms with Gasteiger partial charge in [-0.15, -0.1) is 11.8 Å². The van der Waals surface area contributed by atoms with Gasteiger partial charge in [0.2, 0.25) is 5.91 Å². The molecule has 4 atom stereocenters. The summed E-state index contributed by atoms with van der Waals surface area (Å²) in [6.07, 6.45) is 13.0. The number of nitrogens with zero attached hydrogens (tertiary/aromatic N) is 1. The number of hydrogen-bond donors (Lipinski definition) is 1. The molecule has 192 valence electrons. The molecule has 0 aromatic heterocycles. The van der Waals surface area contributed by atoms with E-state index in [0.717, 1.165) is 35.8 Å². The Morgan fingerprint density at radius 2 is 1.69 bits per heavy atom. The van der Waals surface area contributed by atoms with E-state index in [2.05, 4.69) is 35.3 Å². The fraction of sp³-hybridized carbons (Fsp3) is 0.767. The quantitative estimate of drug-likeness (QED) is 0.426. The second-order valence-electron chi connectivity index (χ2n) is 12.9. The molecular formula is C30H44N2O2S. The Morgan fingerprint density at radius 3 is 2.31 bits per heavy atom. The summed E-state index contributed by atoms with van der Waals surface area (Å²) in [5.41, 5.74) is 0.00294. The Balaban J connectivity index is 0.982. The molecule has 1 amide bonds. The number of thioether (sulfide) groups is 1. The molecular weight excluding hydrogens is 452 g/mol. The molecule has 2 heterocycles. The number of carbonyl (C=O) groups is 1. The minimum Gasteiger partial charge on any atom is -0.496 e. The van der Waals surface area contributed by atoms with E-state index in [9.17, 15) is 4.79 Å². The number of methoxy groups -OCH3 is 1. The van der Waals surface area contributed by atoms with Crippen LogP contribution in [0.25, 0.3) is 0 Å². The molecule has 6 aliphatic rings. The lowest BCUT2D eigenvalue weighted by Gasteiger charge is -2.55. The van der Waals surface area contributed by atoms with Crippen LogP contribution in [-0.2, 0) is 4.79 Å². The fourth-order valence-corrected chi connectivity index (χ4v) is 10.1. The molecule has 4 aliphatic carbocycles. The van der Waals surface area contributed by atoms with Crippen molar-refractivity contribution in [3.8, 4) is 5.75 Å². The second kappa shape index (κ2) is 9.93. The summed E-state index contributed by atoms with van der Waals surface area (Å²) in [4.78, 5) is 17.5.